The van der Waals surface area contributed by atoms with Gasteiger partial charge in [-0.15, -0.1) is 0 Å². The van der Waals surface area contributed by atoms with Crippen LogP contribution in [-0.2, 0) is 46.4 Å². The number of H-pyrrole nitrogens is 1. The van der Waals surface area contributed by atoms with Gasteiger partial charge in [-0.2, -0.15) is 12.6 Å². The van der Waals surface area contributed by atoms with Crippen LogP contribution >= 0.6 is 12.6 Å². The fourth-order valence-electron chi connectivity index (χ4n) is 4.82. The van der Waals surface area contributed by atoms with Crippen molar-refractivity contribution in [2.24, 2.45) is 11.5 Å². The van der Waals surface area contributed by atoms with Gasteiger partial charge in [0.1, 0.15) is 36.3 Å². The van der Waals surface area contributed by atoms with E-state index in [0.717, 1.165) is 0 Å². The summed E-state index contributed by atoms with van der Waals surface area (Å²) in [6, 6.07) is 0.377. The number of amides is 5. The average molecular weight is 750 g/mol. The number of benzene rings is 1. The summed E-state index contributed by atoms with van der Waals surface area (Å²) in [5.41, 5.74) is 12.3. The highest BCUT2D eigenvalue weighted by atomic mass is 32.1. The number of hydrogen-bond donors (Lipinski definition) is 12. The third-order valence-corrected chi connectivity index (χ3v) is 8.08. The van der Waals surface area contributed by atoms with Gasteiger partial charge in [-0.05, 0) is 37.8 Å². The lowest BCUT2D eigenvalue weighted by atomic mass is 10.0. The normalized spacial score (nSPS) is 14.4. The van der Waals surface area contributed by atoms with E-state index in [1.54, 1.807) is 30.3 Å². The minimum Gasteiger partial charge on any atom is -0.481 e. The number of nitrogens with zero attached hydrogens (tertiary/aromatic N) is 1. The Kier molecular flexibility index (Phi) is 18.8. The lowest BCUT2D eigenvalue weighted by Crippen LogP contribution is -2.60. The maximum Gasteiger partial charge on any atom is 0.327 e. The number of thiol groups is 1. The fourth-order valence-corrected chi connectivity index (χ4v) is 5.07. The highest BCUT2D eigenvalue weighted by Gasteiger charge is 2.33. The molecule has 0 fully saturated rings. The second-order valence-corrected chi connectivity index (χ2v) is 12.2. The Morgan fingerprint density at radius 1 is 0.750 bits per heavy atom. The van der Waals surface area contributed by atoms with Gasteiger partial charge in [0.05, 0.1) is 12.9 Å². The lowest BCUT2D eigenvalue weighted by Gasteiger charge is -2.27. The summed E-state index contributed by atoms with van der Waals surface area (Å²) in [5, 5.41) is 40.3. The highest BCUT2D eigenvalue weighted by Crippen LogP contribution is 2.09. The molecule has 0 aliphatic rings. The second kappa shape index (κ2) is 22.7. The highest BCUT2D eigenvalue weighted by molar-refractivity contribution is 7.80. The molecule has 0 unspecified atom stereocenters. The molecule has 0 bridgehead atoms. The van der Waals surface area contributed by atoms with E-state index < -0.39 is 90.8 Å². The molecule has 2 rings (SSSR count). The summed E-state index contributed by atoms with van der Waals surface area (Å²) in [5.74, 6) is -7.12. The number of aliphatic carboxylic acids is 2. The minimum absolute atomic E-state index is 0.0594. The summed E-state index contributed by atoms with van der Waals surface area (Å²) in [6.45, 7) is -0.463. The van der Waals surface area contributed by atoms with Crippen molar-refractivity contribution in [3.8, 4) is 0 Å². The van der Waals surface area contributed by atoms with Crippen LogP contribution in [0.1, 0.15) is 43.4 Å². The number of unbranched alkanes of at least 4 members (excludes halogenated alkanes) is 1. The van der Waals surface area contributed by atoms with E-state index in [4.69, 9.17) is 11.5 Å². The molecular formula is C32H47N9O10S. The maximum atomic E-state index is 13.9. The molecule has 19 nitrogen and oxygen atoms in total. The van der Waals surface area contributed by atoms with Crippen LogP contribution in [0.15, 0.2) is 42.9 Å². The van der Waals surface area contributed by atoms with Crippen LogP contribution < -0.4 is 38.1 Å². The molecule has 0 aliphatic heterocycles. The van der Waals surface area contributed by atoms with E-state index in [2.05, 4.69) is 49.2 Å². The molecule has 2 aromatic rings. The van der Waals surface area contributed by atoms with Gasteiger partial charge in [-0.3, -0.25) is 28.8 Å². The first-order valence-corrected chi connectivity index (χ1v) is 17.1. The number of nitrogens with one attached hydrogen (secondary N) is 6. The second-order valence-electron chi connectivity index (χ2n) is 11.8. The average Bonchev–Trinajstić information content (AvgIpc) is 3.64. The van der Waals surface area contributed by atoms with Crippen molar-refractivity contribution in [1.29, 1.82) is 0 Å². The lowest BCUT2D eigenvalue weighted by molar-refractivity contribution is -0.141. The summed E-state index contributed by atoms with van der Waals surface area (Å²) in [7, 11) is 0. The van der Waals surface area contributed by atoms with Crippen LogP contribution in [-0.4, -0.2) is 122 Å². The fraction of sp³-hybridized carbons (Fsp3) is 0.500. The number of carboxylic acid groups (broad SMARTS) is 2. The zero-order chi connectivity index (χ0) is 38.6. The first-order chi connectivity index (χ1) is 24.8. The molecule has 13 N–H and O–H groups in total. The van der Waals surface area contributed by atoms with E-state index in [9.17, 15) is 48.9 Å². The van der Waals surface area contributed by atoms with Crippen LogP contribution in [0.3, 0.4) is 0 Å². The monoisotopic (exact) mass is 749 g/mol. The van der Waals surface area contributed by atoms with Crippen molar-refractivity contribution in [3.05, 3.63) is 54.1 Å². The van der Waals surface area contributed by atoms with Gasteiger partial charge in [0.2, 0.25) is 29.5 Å². The van der Waals surface area contributed by atoms with Gasteiger partial charge in [0, 0.05) is 36.9 Å². The maximum absolute atomic E-state index is 13.9. The molecule has 0 radical (unpaired) electrons. The number of aromatic amines is 1. The molecule has 1 heterocycles. The molecule has 0 aliphatic carbocycles. The number of nitrogens with two attached hydrogens (primary N) is 2. The number of carboxylic acids is 2. The summed E-state index contributed by atoms with van der Waals surface area (Å²) in [4.78, 5) is 96.3. The van der Waals surface area contributed by atoms with Gasteiger partial charge in [-0.25, -0.2) is 9.78 Å². The summed E-state index contributed by atoms with van der Waals surface area (Å²) in [6.07, 6.45) is 2.58. The van der Waals surface area contributed by atoms with Gasteiger partial charge in [0.25, 0.3) is 0 Å². The molecule has 20 heteroatoms. The third kappa shape index (κ3) is 15.1. The first-order valence-electron chi connectivity index (χ1n) is 16.4. The van der Waals surface area contributed by atoms with Crippen molar-refractivity contribution in [2.75, 3.05) is 18.9 Å². The number of carbonyl (C=O) groups excluding carboxylic acids is 5. The summed E-state index contributed by atoms with van der Waals surface area (Å²) < 4.78 is 0. The predicted octanol–water partition coefficient (Wildman–Crippen LogP) is -3.05. The molecular weight excluding hydrogens is 702 g/mol. The van der Waals surface area contributed by atoms with Crippen molar-refractivity contribution >= 4 is 54.1 Å². The van der Waals surface area contributed by atoms with Gasteiger partial charge >= 0.3 is 11.9 Å². The van der Waals surface area contributed by atoms with Gasteiger partial charge in [0.15, 0.2) is 0 Å². The minimum atomic E-state index is -1.45. The SMILES string of the molecule is NCCCC[C@H](NC(=O)[C@H](Cc1ccccc1)NC(=O)[C@H](CCC(=O)O)NC(=O)[C@@H](N)CO)C(=O)N[C@@H](Cc1cnc[nH]1)C(=O)N[C@@H](CS)C(=O)O. The predicted molar refractivity (Wildman–Crippen MR) is 188 cm³/mol. The standard InChI is InChI=1S/C32H47N9O10S/c33-11-5-4-8-21(28(46)40-24(13-19-14-35-17-36-19)31(49)41-25(16-52)32(50)51)38-30(48)23(12-18-6-2-1-3-7-18)39-29(47)22(9-10-26(43)44)37-27(45)20(34)15-42/h1-3,6-7,14,17,20-25,42,52H,4-5,8-13,15-16,33-34H2,(H,35,36)(H,37,45)(H,38,48)(H,39,47)(H,40,46)(H,41,49)(H,43,44)(H,50,51)/t20-,21-,22-,23-,24-,25-/m0/s1. The number of aromatic nitrogens is 2. The van der Waals surface area contributed by atoms with Crippen LogP contribution in [0.4, 0.5) is 0 Å². The number of carbonyl (C=O) groups is 7. The molecule has 1 aromatic carbocycles. The Morgan fingerprint density at radius 2 is 1.29 bits per heavy atom. The Bertz CT molecular complexity index is 1480. The Labute approximate surface area is 304 Å². The number of aliphatic hydroxyl groups excluding tert-OH is 1. The molecule has 0 saturated carbocycles. The van der Waals surface area contributed by atoms with Crippen molar-refractivity contribution in [1.82, 2.24) is 36.6 Å². The third-order valence-electron chi connectivity index (χ3n) is 7.72. The van der Waals surface area contributed by atoms with Crippen molar-refractivity contribution in [3.63, 3.8) is 0 Å². The van der Waals surface area contributed by atoms with E-state index in [0.29, 0.717) is 24.1 Å². The van der Waals surface area contributed by atoms with E-state index >= 15 is 0 Å². The Morgan fingerprint density at radius 3 is 1.81 bits per heavy atom. The zero-order valence-electron chi connectivity index (χ0n) is 28.3. The van der Waals surface area contributed by atoms with Crippen LogP contribution in [0, 0.1) is 0 Å². The number of rotatable bonds is 24. The Balaban J connectivity index is 2.39. The number of aliphatic hydroxyl groups is 1. The van der Waals surface area contributed by atoms with E-state index in [-0.39, 0.29) is 38.0 Å². The molecule has 5 amide bonds. The van der Waals surface area contributed by atoms with Crippen LogP contribution in [0.25, 0.3) is 0 Å². The van der Waals surface area contributed by atoms with Gasteiger partial charge < -0.3 is 58.4 Å². The molecule has 52 heavy (non-hydrogen) atoms. The smallest absolute Gasteiger partial charge is 0.327 e. The first kappa shape index (κ1) is 43.1. The molecule has 6 atom stereocenters. The molecule has 0 spiro atoms. The van der Waals surface area contributed by atoms with Crippen molar-refractivity contribution in [2.45, 2.75) is 81.2 Å². The topological polar surface area (TPSA) is 321 Å². The van der Waals surface area contributed by atoms with E-state index in [1.807, 2.05) is 0 Å². The molecule has 286 valence electrons. The molecule has 1 aromatic heterocycles. The number of hydrogen-bond acceptors (Lipinski definition) is 12. The van der Waals surface area contributed by atoms with Crippen molar-refractivity contribution < 1.29 is 48.9 Å². The Hall–Kier alpha value is -5.05. The van der Waals surface area contributed by atoms with E-state index in [1.165, 1.54) is 12.5 Å². The van der Waals surface area contributed by atoms with Crippen LogP contribution in [0.2, 0.25) is 0 Å². The molecule has 0 saturated heterocycles. The quantitative estimate of drug-likeness (QED) is 0.0375. The van der Waals surface area contributed by atoms with Gasteiger partial charge in [-0.1, -0.05) is 30.3 Å². The van der Waals surface area contributed by atoms with Crippen LogP contribution in [0.5, 0.6) is 0 Å². The largest absolute Gasteiger partial charge is 0.481 e. The zero-order valence-corrected chi connectivity index (χ0v) is 29.2. The summed E-state index contributed by atoms with van der Waals surface area (Å²) >= 11 is 3.97. The number of imidazole rings is 1.